The Morgan fingerprint density at radius 1 is 1.32 bits per heavy atom. The molecule has 0 spiro atoms. The van der Waals surface area contributed by atoms with Gasteiger partial charge in [0.1, 0.15) is 29.6 Å². The molecule has 0 aliphatic heterocycles. The molecule has 0 aromatic carbocycles. The Hall–Kier alpha value is -2.64. The quantitative estimate of drug-likeness (QED) is 0.625. The van der Waals surface area contributed by atoms with Crippen molar-refractivity contribution in [2.75, 3.05) is 13.2 Å². The Balaban J connectivity index is 2.18. The van der Waals surface area contributed by atoms with Crippen LogP contribution < -0.4 is 10.9 Å². The molecule has 28 heavy (non-hydrogen) atoms. The number of aryl methyl sites for hydroxylation is 1. The molecule has 0 saturated heterocycles. The van der Waals surface area contributed by atoms with Gasteiger partial charge < -0.3 is 14.5 Å². The molecule has 0 aliphatic carbocycles. The predicted molar refractivity (Wildman–Crippen MR) is 105 cm³/mol. The lowest BCUT2D eigenvalue weighted by Crippen LogP contribution is -2.35. The maximum Gasteiger partial charge on any atom is 0.342 e. The molecule has 0 radical (unpaired) electrons. The van der Waals surface area contributed by atoms with Crippen molar-refractivity contribution in [2.24, 2.45) is 5.92 Å². The lowest BCUT2D eigenvalue weighted by molar-refractivity contribution is -0.121. The SMILES string of the molecule is CCCC[C@H](CC)CNC(=O)Cn1cnc2oc(C)c(C(=O)OCC)c2c1=O. The zero-order valence-corrected chi connectivity index (χ0v) is 17.0. The molecule has 0 saturated carbocycles. The second-order valence-electron chi connectivity index (χ2n) is 6.83. The van der Waals surface area contributed by atoms with Crippen LogP contribution in [0.2, 0.25) is 0 Å². The number of hydrogen-bond acceptors (Lipinski definition) is 6. The van der Waals surface area contributed by atoms with Crippen LogP contribution in [0.4, 0.5) is 0 Å². The average molecular weight is 391 g/mol. The number of hydrogen-bond donors (Lipinski definition) is 1. The van der Waals surface area contributed by atoms with E-state index in [4.69, 9.17) is 9.15 Å². The summed E-state index contributed by atoms with van der Waals surface area (Å²) >= 11 is 0. The van der Waals surface area contributed by atoms with Gasteiger partial charge in [-0.25, -0.2) is 9.78 Å². The van der Waals surface area contributed by atoms with Gasteiger partial charge in [-0.3, -0.25) is 14.2 Å². The number of carbonyl (C=O) groups excluding carboxylic acids is 2. The van der Waals surface area contributed by atoms with Crippen LogP contribution in [0.1, 0.15) is 62.6 Å². The maximum absolute atomic E-state index is 12.8. The first-order chi connectivity index (χ1) is 13.4. The van der Waals surface area contributed by atoms with Crippen LogP contribution in [-0.2, 0) is 16.1 Å². The van der Waals surface area contributed by atoms with Crippen molar-refractivity contribution in [1.82, 2.24) is 14.9 Å². The Morgan fingerprint density at radius 3 is 2.71 bits per heavy atom. The molecule has 1 N–H and O–H groups in total. The number of nitrogens with zero attached hydrogens (tertiary/aromatic N) is 2. The van der Waals surface area contributed by atoms with Crippen molar-refractivity contribution >= 4 is 23.0 Å². The smallest absolute Gasteiger partial charge is 0.342 e. The van der Waals surface area contributed by atoms with Gasteiger partial charge in [0.15, 0.2) is 0 Å². The number of unbranched alkanes of at least 4 members (excludes halogenated alkanes) is 1. The van der Waals surface area contributed by atoms with Crippen LogP contribution in [0.15, 0.2) is 15.5 Å². The molecule has 0 aliphatic rings. The Morgan fingerprint density at radius 2 is 2.07 bits per heavy atom. The van der Waals surface area contributed by atoms with Gasteiger partial charge in [0, 0.05) is 6.54 Å². The number of rotatable bonds is 10. The summed E-state index contributed by atoms with van der Waals surface area (Å²) in [5, 5.41) is 2.93. The fraction of sp³-hybridized carbons (Fsp3) is 0.600. The summed E-state index contributed by atoms with van der Waals surface area (Å²) in [5.41, 5.74) is -0.374. The molecule has 1 atom stereocenters. The molecule has 2 aromatic rings. The number of ether oxygens (including phenoxy) is 1. The van der Waals surface area contributed by atoms with Gasteiger partial charge >= 0.3 is 5.97 Å². The normalized spacial score (nSPS) is 12.1. The van der Waals surface area contributed by atoms with Crippen molar-refractivity contribution in [1.29, 1.82) is 0 Å². The van der Waals surface area contributed by atoms with E-state index in [1.807, 2.05) is 0 Å². The summed E-state index contributed by atoms with van der Waals surface area (Å²) < 4.78 is 11.6. The van der Waals surface area contributed by atoms with Gasteiger partial charge in [0.05, 0.1) is 6.61 Å². The number of carbonyl (C=O) groups is 2. The highest BCUT2D eigenvalue weighted by Crippen LogP contribution is 2.21. The minimum atomic E-state index is -0.637. The fourth-order valence-electron chi connectivity index (χ4n) is 3.11. The molecule has 0 unspecified atom stereocenters. The molecule has 8 nitrogen and oxygen atoms in total. The lowest BCUT2D eigenvalue weighted by atomic mass is 9.99. The predicted octanol–water partition coefficient (Wildman–Crippen LogP) is 2.81. The van der Waals surface area contributed by atoms with Crippen molar-refractivity contribution < 1.29 is 18.7 Å². The first-order valence-corrected chi connectivity index (χ1v) is 9.85. The second kappa shape index (κ2) is 10.1. The van der Waals surface area contributed by atoms with Crippen molar-refractivity contribution in [3.8, 4) is 0 Å². The second-order valence-corrected chi connectivity index (χ2v) is 6.83. The topological polar surface area (TPSA) is 103 Å². The number of esters is 1. The summed E-state index contributed by atoms with van der Waals surface area (Å²) in [5.74, 6) is -0.215. The molecular formula is C20H29N3O5. The molecule has 2 heterocycles. The van der Waals surface area contributed by atoms with E-state index in [0.29, 0.717) is 12.5 Å². The van der Waals surface area contributed by atoms with Crippen LogP contribution in [0.3, 0.4) is 0 Å². The fourth-order valence-corrected chi connectivity index (χ4v) is 3.11. The molecular weight excluding hydrogens is 362 g/mol. The third-order valence-corrected chi connectivity index (χ3v) is 4.78. The molecule has 154 valence electrons. The molecule has 0 fully saturated rings. The number of aromatic nitrogens is 2. The minimum absolute atomic E-state index is 0.0423. The van der Waals surface area contributed by atoms with Crippen LogP contribution in [-0.4, -0.2) is 34.6 Å². The largest absolute Gasteiger partial charge is 0.462 e. The van der Waals surface area contributed by atoms with Gasteiger partial charge in [-0.1, -0.05) is 33.1 Å². The van der Waals surface area contributed by atoms with E-state index in [9.17, 15) is 14.4 Å². The van der Waals surface area contributed by atoms with E-state index in [-0.39, 0.29) is 41.5 Å². The standard InChI is InChI=1S/C20H29N3O5/c1-5-8-9-14(6-2)10-21-15(24)11-23-12-22-18-17(19(23)25)16(13(4)28-18)20(26)27-7-3/h12,14H,5-11H2,1-4H3,(H,21,24)/t14-/m0/s1. The van der Waals surface area contributed by atoms with Gasteiger partial charge in [0.25, 0.3) is 5.56 Å². The van der Waals surface area contributed by atoms with Crippen LogP contribution >= 0.6 is 0 Å². The molecule has 0 bridgehead atoms. The Bertz CT molecular complexity index is 884. The van der Waals surface area contributed by atoms with Gasteiger partial charge in [-0.2, -0.15) is 0 Å². The number of furan rings is 1. The van der Waals surface area contributed by atoms with Crippen molar-refractivity contribution in [3.63, 3.8) is 0 Å². The summed E-state index contributed by atoms with van der Waals surface area (Å²) in [7, 11) is 0. The van der Waals surface area contributed by atoms with E-state index in [2.05, 4.69) is 24.1 Å². The van der Waals surface area contributed by atoms with Crippen LogP contribution in [0, 0.1) is 12.8 Å². The van der Waals surface area contributed by atoms with Gasteiger partial charge in [0.2, 0.25) is 11.6 Å². The zero-order chi connectivity index (χ0) is 20.7. The van der Waals surface area contributed by atoms with Crippen LogP contribution in [0.5, 0.6) is 0 Å². The Labute approximate surface area is 164 Å². The van der Waals surface area contributed by atoms with Gasteiger partial charge in [-0.15, -0.1) is 0 Å². The minimum Gasteiger partial charge on any atom is -0.462 e. The summed E-state index contributed by atoms with van der Waals surface area (Å²) in [6, 6.07) is 0. The third kappa shape index (κ3) is 4.99. The highest BCUT2D eigenvalue weighted by Gasteiger charge is 2.24. The lowest BCUT2D eigenvalue weighted by Gasteiger charge is -2.15. The molecule has 2 aromatic heterocycles. The first kappa shape index (κ1) is 21.7. The zero-order valence-electron chi connectivity index (χ0n) is 17.0. The maximum atomic E-state index is 12.8. The number of fused-ring (bicyclic) bond motifs is 1. The monoisotopic (exact) mass is 391 g/mol. The summed E-state index contributed by atoms with van der Waals surface area (Å²) in [4.78, 5) is 41.4. The van der Waals surface area contributed by atoms with Crippen LogP contribution in [0.25, 0.3) is 11.1 Å². The van der Waals surface area contributed by atoms with E-state index in [1.54, 1.807) is 13.8 Å². The molecule has 2 rings (SSSR count). The van der Waals surface area contributed by atoms with Gasteiger partial charge in [-0.05, 0) is 26.2 Å². The van der Waals surface area contributed by atoms with Crippen molar-refractivity contribution in [3.05, 3.63) is 28.0 Å². The van der Waals surface area contributed by atoms with E-state index >= 15 is 0 Å². The summed E-state index contributed by atoms with van der Waals surface area (Å²) in [6.07, 6.45) is 5.57. The van der Waals surface area contributed by atoms with E-state index < -0.39 is 11.5 Å². The molecule has 8 heteroatoms. The Kier molecular flexibility index (Phi) is 7.78. The van der Waals surface area contributed by atoms with E-state index in [1.165, 1.54) is 10.9 Å². The highest BCUT2D eigenvalue weighted by atomic mass is 16.5. The average Bonchev–Trinajstić information content (AvgIpc) is 3.01. The molecule has 1 amide bonds. The number of nitrogens with one attached hydrogen (secondary N) is 1. The number of amides is 1. The van der Waals surface area contributed by atoms with Crippen molar-refractivity contribution in [2.45, 2.75) is 59.9 Å². The first-order valence-electron chi connectivity index (χ1n) is 9.85. The van der Waals surface area contributed by atoms with E-state index in [0.717, 1.165) is 25.7 Å². The summed E-state index contributed by atoms with van der Waals surface area (Å²) in [6.45, 7) is 8.09. The highest BCUT2D eigenvalue weighted by molar-refractivity contribution is 6.03. The third-order valence-electron chi connectivity index (χ3n) is 4.78.